The summed E-state index contributed by atoms with van der Waals surface area (Å²) in [6.45, 7) is 7.95. The van der Waals surface area contributed by atoms with E-state index in [0.717, 1.165) is 50.4 Å². The molecular formula is C22H33FN4O. The number of nitrogens with zero attached hydrogens (tertiary/aromatic N) is 2. The van der Waals surface area contributed by atoms with Gasteiger partial charge in [0.25, 0.3) is 0 Å². The molecule has 0 aromatic heterocycles. The van der Waals surface area contributed by atoms with Crippen LogP contribution < -0.4 is 10.6 Å². The van der Waals surface area contributed by atoms with Gasteiger partial charge in [0.1, 0.15) is 5.82 Å². The molecule has 1 amide bonds. The van der Waals surface area contributed by atoms with Crippen LogP contribution in [0.4, 0.5) is 4.39 Å². The Balaban J connectivity index is 1.51. The predicted octanol–water partition coefficient (Wildman–Crippen LogP) is 3.06. The number of carbonyl (C=O) groups excluding carboxylic acids is 1. The third-order valence-corrected chi connectivity index (χ3v) is 5.82. The van der Waals surface area contributed by atoms with Crippen molar-refractivity contribution in [3.8, 4) is 0 Å². The zero-order chi connectivity index (χ0) is 20.0. The van der Waals surface area contributed by atoms with Crippen molar-refractivity contribution in [3.05, 3.63) is 35.6 Å². The topological polar surface area (TPSA) is 56.7 Å². The molecule has 1 aromatic rings. The van der Waals surface area contributed by atoms with Crippen molar-refractivity contribution in [2.24, 2.45) is 10.9 Å². The lowest BCUT2D eigenvalue weighted by Gasteiger charge is -2.31. The van der Waals surface area contributed by atoms with E-state index in [1.54, 1.807) is 12.1 Å². The minimum atomic E-state index is -0.191. The van der Waals surface area contributed by atoms with Crippen LogP contribution in [-0.2, 0) is 10.2 Å². The van der Waals surface area contributed by atoms with Crippen LogP contribution in [0.5, 0.6) is 0 Å². The number of halogens is 1. The minimum Gasteiger partial charge on any atom is -0.357 e. The Labute approximate surface area is 167 Å². The summed E-state index contributed by atoms with van der Waals surface area (Å²) in [5.41, 5.74) is 0.992. The van der Waals surface area contributed by atoms with Gasteiger partial charge >= 0.3 is 0 Å². The zero-order valence-corrected chi connectivity index (χ0v) is 17.1. The Kier molecular flexibility index (Phi) is 6.92. The number of guanidine groups is 1. The lowest BCUT2D eigenvalue weighted by molar-refractivity contribution is -0.132. The summed E-state index contributed by atoms with van der Waals surface area (Å²) < 4.78 is 13.6. The molecule has 28 heavy (non-hydrogen) atoms. The van der Waals surface area contributed by atoms with Gasteiger partial charge in [-0.3, -0.25) is 9.79 Å². The Morgan fingerprint density at radius 1 is 1.36 bits per heavy atom. The summed E-state index contributed by atoms with van der Waals surface area (Å²) in [4.78, 5) is 19.1. The Morgan fingerprint density at radius 3 is 2.86 bits per heavy atom. The molecule has 1 atom stereocenters. The molecule has 1 aliphatic heterocycles. The van der Waals surface area contributed by atoms with E-state index >= 15 is 0 Å². The standard InChI is InChI=1S/C22H33FN4O/c1-3-24-21(25-12-9-20(28)27-13-5-6-17(2)15-27)26-16-22(10-11-22)18-7-4-8-19(23)14-18/h4,7-8,14,17H,3,5-6,9-13,15-16H2,1-2H3,(H2,24,25,26). The van der Waals surface area contributed by atoms with Gasteiger partial charge in [0.2, 0.25) is 5.91 Å². The molecule has 1 unspecified atom stereocenters. The fourth-order valence-electron chi connectivity index (χ4n) is 3.94. The van der Waals surface area contributed by atoms with Gasteiger partial charge in [-0.2, -0.15) is 0 Å². The molecule has 1 aromatic carbocycles. The van der Waals surface area contributed by atoms with Crippen LogP contribution >= 0.6 is 0 Å². The minimum absolute atomic E-state index is 0.0375. The molecule has 2 fully saturated rings. The molecular weight excluding hydrogens is 355 g/mol. The average molecular weight is 389 g/mol. The Bertz CT molecular complexity index is 702. The maximum atomic E-state index is 13.6. The molecule has 1 saturated heterocycles. The highest BCUT2D eigenvalue weighted by Crippen LogP contribution is 2.48. The van der Waals surface area contributed by atoms with Crippen LogP contribution in [0.25, 0.3) is 0 Å². The summed E-state index contributed by atoms with van der Waals surface area (Å²) >= 11 is 0. The van der Waals surface area contributed by atoms with E-state index in [9.17, 15) is 9.18 Å². The van der Waals surface area contributed by atoms with Gasteiger partial charge in [0.05, 0.1) is 6.54 Å². The molecule has 5 nitrogen and oxygen atoms in total. The summed E-state index contributed by atoms with van der Waals surface area (Å²) in [7, 11) is 0. The van der Waals surface area contributed by atoms with Gasteiger partial charge < -0.3 is 15.5 Å². The second-order valence-corrected chi connectivity index (χ2v) is 8.25. The number of benzene rings is 1. The molecule has 0 bridgehead atoms. The summed E-state index contributed by atoms with van der Waals surface area (Å²) in [6.07, 6.45) is 4.86. The zero-order valence-electron chi connectivity index (χ0n) is 17.1. The van der Waals surface area contributed by atoms with Crippen molar-refractivity contribution < 1.29 is 9.18 Å². The third-order valence-electron chi connectivity index (χ3n) is 5.82. The summed E-state index contributed by atoms with van der Waals surface area (Å²) in [6, 6.07) is 6.87. The van der Waals surface area contributed by atoms with Crippen molar-refractivity contribution in [2.75, 3.05) is 32.7 Å². The molecule has 0 radical (unpaired) electrons. The van der Waals surface area contributed by atoms with Crippen LogP contribution in [0.15, 0.2) is 29.3 Å². The van der Waals surface area contributed by atoms with Crippen LogP contribution in [0.2, 0.25) is 0 Å². The lowest BCUT2D eigenvalue weighted by Crippen LogP contribution is -2.42. The number of likely N-dealkylation sites (tertiary alicyclic amines) is 1. The molecule has 6 heteroatoms. The summed E-state index contributed by atoms with van der Waals surface area (Å²) in [5, 5.41) is 6.53. The highest BCUT2D eigenvalue weighted by molar-refractivity contribution is 5.81. The van der Waals surface area contributed by atoms with Crippen LogP contribution in [0.1, 0.15) is 51.5 Å². The lowest BCUT2D eigenvalue weighted by atomic mass is 9.96. The fourth-order valence-corrected chi connectivity index (χ4v) is 3.94. The fraction of sp³-hybridized carbons (Fsp3) is 0.636. The molecule has 1 heterocycles. The molecule has 0 spiro atoms. The monoisotopic (exact) mass is 388 g/mol. The predicted molar refractivity (Wildman–Crippen MR) is 111 cm³/mol. The number of hydrogen-bond acceptors (Lipinski definition) is 2. The Hall–Kier alpha value is -2.11. The first kappa shape index (κ1) is 20.6. The van der Waals surface area contributed by atoms with Crippen molar-refractivity contribution in [1.82, 2.24) is 15.5 Å². The van der Waals surface area contributed by atoms with Gasteiger partial charge in [-0.25, -0.2) is 4.39 Å². The van der Waals surface area contributed by atoms with Gasteiger partial charge in [0, 0.05) is 38.0 Å². The highest BCUT2D eigenvalue weighted by Gasteiger charge is 2.44. The molecule has 1 saturated carbocycles. The first-order valence-corrected chi connectivity index (χ1v) is 10.6. The third kappa shape index (κ3) is 5.46. The van der Waals surface area contributed by atoms with Gasteiger partial charge in [-0.1, -0.05) is 19.1 Å². The van der Waals surface area contributed by atoms with Crippen LogP contribution in [0, 0.1) is 11.7 Å². The first-order chi connectivity index (χ1) is 13.5. The number of amides is 1. The second kappa shape index (κ2) is 9.39. The average Bonchev–Trinajstić information content (AvgIpc) is 3.47. The van der Waals surface area contributed by atoms with Crippen molar-refractivity contribution in [1.29, 1.82) is 0 Å². The van der Waals surface area contributed by atoms with Crippen molar-refractivity contribution in [2.45, 2.75) is 51.4 Å². The number of nitrogens with one attached hydrogen (secondary N) is 2. The van der Waals surface area contributed by atoms with Crippen LogP contribution in [0.3, 0.4) is 0 Å². The molecule has 2 N–H and O–H groups in total. The summed E-state index contributed by atoms with van der Waals surface area (Å²) in [5.74, 6) is 1.35. The Morgan fingerprint density at radius 2 is 2.18 bits per heavy atom. The second-order valence-electron chi connectivity index (χ2n) is 8.25. The smallest absolute Gasteiger partial charge is 0.224 e. The van der Waals surface area contributed by atoms with Crippen molar-refractivity contribution >= 4 is 11.9 Å². The van der Waals surface area contributed by atoms with Gasteiger partial charge in [-0.05, 0) is 56.2 Å². The van der Waals surface area contributed by atoms with Crippen molar-refractivity contribution in [3.63, 3.8) is 0 Å². The van der Waals surface area contributed by atoms with E-state index in [-0.39, 0.29) is 17.1 Å². The molecule has 2 aliphatic rings. The van der Waals surface area contributed by atoms with Crippen LogP contribution in [-0.4, -0.2) is 49.5 Å². The number of rotatable bonds is 7. The van der Waals surface area contributed by atoms with E-state index < -0.39 is 0 Å². The number of carbonyl (C=O) groups is 1. The van der Waals surface area contributed by atoms with E-state index in [1.807, 2.05) is 17.9 Å². The van der Waals surface area contributed by atoms with E-state index in [2.05, 4.69) is 17.6 Å². The van der Waals surface area contributed by atoms with E-state index in [1.165, 1.54) is 12.5 Å². The number of aliphatic imine (C=N–C) groups is 1. The highest BCUT2D eigenvalue weighted by atomic mass is 19.1. The number of hydrogen-bond donors (Lipinski definition) is 2. The SMILES string of the molecule is CCNC(=NCC1(c2cccc(F)c2)CC1)NCCC(=O)N1CCCC(C)C1. The van der Waals surface area contributed by atoms with Gasteiger partial charge in [0.15, 0.2) is 5.96 Å². The maximum Gasteiger partial charge on any atom is 0.224 e. The molecule has 3 rings (SSSR count). The van der Waals surface area contributed by atoms with Gasteiger partial charge in [-0.15, -0.1) is 0 Å². The quantitative estimate of drug-likeness (QED) is 0.558. The molecule has 154 valence electrons. The first-order valence-electron chi connectivity index (χ1n) is 10.6. The van der Waals surface area contributed by atoms with E-state index in [0.29, 0.717) is 25.4 Å². The maximum absolute atomic E-state index is 13.6. The normalized spacial score (nSPS) is 21.3. The molecule has 1 aliphatic carbocycles. The number of piperidine rings is 1. The largest absolute Gasteiger partial charge is 0.357 e. The van der Waals surface area contributed by atoms with E-state index in [4.69, 9.17) is 4.99 Å².